The summed E-state index contributed by atoms with van der Waals surface area (Å²) in [6, 6.07) is 3.31. The Hall–Kier alpha value is -1.18. The maximum Gasteiger partial charge on any atom is 0.240 e. The Morgan fingerprint density at radius 1 is 1.37 bits per heavy atom. The highest BCUT2D eigenvalue weighted by Crippen LogP contribution is 2.29. The number of halogens is 1. The first-order valence-electron chi connectivity index (χ1n) is 6.10. The van der Waals surface area contributed by atoms with Crippen LogP contribution in [0.1, 0.15) is 25.7 Å². The monoisotopic (exact) mass is 288 g/mol. The molecule has 0 radical (unpaired) electrons. The lowest BCUT2D eigenvalue weighted by atomic mass is 10.0. The van der Waals surface area contributed by atoms with Crippen LogP contribution in [-0.2, 0) is 10.0 Å². The SMILES string of the molecule is Nc1ccc(S(=O)(=O)NCC2(O)CCCC2)cc1F. The van der Waals surface area contributed by atoms with Gasteiger partial charge in [-0.15, -0.1) is 0 Å². The second kappa shape index (κ2) is 5.07. The molecule has 0 unspecified atom stereocenters. The number of aliphatic hydroxyl groups is 1. The summed E-state index contributed by atoms with van der Waals surface area (Å²) in [6.45, 7) is -0.0542. The van der Waals surface area contributed by atoms with E-state index in [0.29, 0.717) is 12.8 Å². The highest BCUT2D eigenvalue weighted by atomic mass is 32.2. The summed E-state index contributed by atoms with van der Waals surface area (Å²) in [5.74, 6) is -0.776. The van der Waals surface area contributed by atoms with Gasteiger partial charge in [0.2, 0.25) is 10.0 Å². The van der Waals surface area contributed by atoms with Crippen LogP contribution in [0.15, 0.2) is 23.1 Å². The highest BCUT2D eigenvalue weighted by Gasteiger charge is 2.32. The van der Waals surface area contributed by atoms with Gasteiger partial charge in [0.15, 0.2) is 0 Å². The van der Waals surface area contributed by atoms with Crippen LogP contribution in [-0.4, -0.2) is 25.7 Å². The molecule has 0 amide bonds. The van der Waals surface area contributed by atoms with E-state index in [1.807, 2.05) is 0 Å². The number of rotatable bonds is 4. The van der Waals surface area contributed by atoms with Crippen LogP contribution in [0, 0.1) is 5.82 Å². The van der Waals surface area contributed by atoms with Gasteiger partial charge in [0, 0.05) is 6.54 Å². The van der Waals surface area contributed by atoms with Crippen LogP contribution in [0.3, 0.4) is 0 Å². The Balaban J connectivity index is 2.11. The molecule has 1 fully saturated rings. The average molecular weight is 288 g/mol. The van der Waals surface area contributed by atoms with Crippen LogP contribution in [0.2, 0.25) is 0 Å². The molecule has 4 N–H and O–H groups in total. The van der Waals surface area contributed by atoms with Crippen molar-refractivity contribution >= 4 is 15.7 Å². The maximum atomic E-state index is 13.3. The first kappa shape index (κ1) is 14.2. The van der Waals surface area contributed by atoms with Crippen molar-refractivity contribution in [3.8, 4) is 0 Å². The molecule has 1 aliphatic rings. The number of nitrogens with one attached hydrogen (secondary N) is 1. The van der Waals surface area contributed by atoms with E-state index in [0.717, 1.165) is 18.9 Å². The normalized spacial score (nSPS) is 18.6. The first-order valence-corrected chi connectivity index (χ1v) is 7.58. The number of nitrogens with two attached hydrogens (primary N) is 1. The molecule has 1 aromatic carbocycles. The zero-order chi connectivity index (χ0) is 14.1. The van der Waals surface area contributed by atoms with Gasteiger partial charge in [-0.25, -0.2) is 17.5 Å². The van der Waals surface area contributed by atoms with Gasteiger partial charge >= 0.3 is 0 Å². The van der Waals surface area contributed by atoms with Crippen molar-refractivity contribution in [3.05, 3.63) is 24.0 Å². The minimum absolute atomic E-state index is 0.0542. The lowest BCUT2D eigenvalue weighted by Gasteiger charge is -2.22. The topological polar surface area (TPSA) is 92.4 Å². The number of sulfonamides is 1. The minimum atomic E-state index is -3.83. The Morgan fingerprint density at radius 2 is 2.00 bits per heavy atom. The third kappa shape index (κ3) is 3.23. The lowest BCUT2D eigenvalue weighted by Crippen LogP contribution is -2.40. The molecule has 0 aromatic heterocycles. The smallest absolute Gasteiger partial charge is 0.240 e. The van der Waals surface area contributed by atoms with Gasteiger partial charge in [0.1, 0.15) is 5.82 Å². The first-order chi connectivity index (χ1) is 8.82. The number of nitrogen functional groups attached to an aromatic ring is 1. The summed E-state index contributed by atoms with van der Waals surface area (Å²) in [5, 5.41) is 10.1. The minimum Gasteiger partial charge on any atom is -0.396 e. The van der Waals surface area contributed by atoms with Crippen molar-refractivity contribution in [2.75, 3.05) is 12.3 Å². The van der Waals surface area contributed by atoms with Crippen molar-refractivity contribution in [2.24, 2.45) is 0 Å². The number of hydrogen-bond donors (Lipinski definition) is 3. The lowest BCUT2D eigenvalue weighted by molar-refractivity contribution is 0.0532. The van der Waals surface area contributed by atoms with Gasteiger partial charge in [0.25, 0.3) is 0 Å². The van der Waals surface area contributed by atoms with Crippen molar-refractivity contribution in [1.82, 2.24) is 4.72 Å². The summed E-state index contributed by atoms with van der Waals surface area (Å²) in [4.78, 5) is -0.194. The highest BCUT2D eigenvalue weighted by molar-refractivity contribution is 7.89. The zero-order valence-electron chi connectivity index (χ0n) is 10.4. The van der Waals surface area contributed by atoms with E-state index in [1.54, 1.807) is 0 Å². The Morgan fingerprint density at radius 3 is 2.58 bits per heavy atom. The van der Waals surface area contributed by atoms with Gasteiger partial charge in [-0.2, -0.15) is 0 Å². The van der Waals surface area contributed by atoms with Crippen LogP contribution in [0.25, 0.3) is 0 Å². The number of hydrogen-bond acceptors (Lipinski definition) is 4. The fraction of sp³-hybridized carbons (Fsp3) is 0.500. The molecule has 0 bridgehead atoms. The Kier molecular flexibility index (Phi) is 3.80. The zero-order valence-corrected chi connectivity index (χ0v) is 11.2. The molecule has 1 saturated carbocycles. The molecule has 0 saturated heterocycles. The van der Waals surface area contributed by atoms with Gasteiger partial charge < -0.3 is 10.8 Å². The standard InChI is InChI=1S/C12H17FN2O3S/c13-10-7-9(3-4-11(10)14)19(17,18)15-8-12(16)5-1-2-6-12/h3-4,7,15-16H,1-2,5-6,8,14H2. The maximum absolute atomic E-state index is 13.3. The van der Waals surface area contributed by atoms with E-state index >= 15 is 0 Å². The fourth-order valence-corrected chi connectivity index (χ4v) is 3.33. The van der Waals surface area contributed by atoms with E-state index in [1.165, 1.54) is 12.1 Å². The predicted octanol–water partition coefficient (Wildman–Crippen LogP) is 0.991. The summed E-state index contributed by atoms with van der Waals surface area (Å²) in [5.41, 5.74) is 4.21. The van der Waals surface area contributed by atoms with E-state index in [2.05, 4.69) is 4.72 Å². The summed E-state index contributed by atoms with van der Waals surface area (Å²) in [6.07, 6.45) is 2.92. The molecule has 1 aromatic rings. The van der Waals surface area contributed by atoms with Gasteiger partial charge in [-0.1, -0.05) is 12.8 Å². The van der Waals surface area contributed by atoms with E-state index in [4.69, 9.17) is 5.73 Å². The molecule has 1 aliphatic carbocycles. The van der Waals surface area contributed by atoms with Crippen molar-refractivity contribution < 1.29 is 17.9 Å². The molecule has 7 heteroatoms. The van der Waals surface area contributed by atoms with Gasteiger partial charge in [-0.3, -0.25) is 0 Å². The van der Waals surface area contributed by atoms with E-state index in [9.17, 15) is 17.9 Å². The average Bonchev–Trinajstić information content (AvgIpc) is 2.78. The fourth-order valence-electron chi connectivity index (χ4n) is 2.20. The summed E-state index contributed by atoms with van der Waals surface area (Å²) >= 11 is 0. The number of anilines is 1. The third-order valence-corrected chi connectivity index (χ3v) is 4.81. The van der Waals surface area contributed by atoms with Crippen LogP contribution < -0.4 is 10.5 Å². The van der Waals surface area contributed by atoms with E-state index < -0.39 is 21.4 Å². The van der Waals surface area contributed by atoms with Crippen LogP contribution in [0.5, 0.6) is 0 Å². The van der Waals surface area contributed by atoms with Gasteiger partial charge in [-0.05, 0) is 31.0 Å². The summed E-state index contributed by atoms with van der Waals surface area (Å²) in [7, 11) is -3.83. The molecule has 19 heavy (non-hydrogen) atoms. The molecule has 5 nitrogen and oxygen atoms in total. The van der Waals surface area contributed by atoms with Crippen molar-refractivity contribution in [1.29, 1.82) is 0 Å². The van der Waals surface area contributed by atoms with Crippen LogP contribution >= 0.6 is 0 Å². The largest absolute Gasteiger partial charge is 0.396 e. The number of benzene rings is 1. The molecule has 0 heterocycles. The Bertz CT molecular complexity index is 568. The quantitative estimate of drug-likeness (QED) is 0.720. The van der Waals surface area contributed by atoms with Crippen molar-refractivity contribution in [3.63, 3.8) is 0 Å². The second-order valence-electron chi connectivity index (χ2n) is 4.94. The molecule has 0 spiro atoms. The third-order valence-electron chi connectivity index (χ3n) is 3.41. The second-order valence-corrected chi connectivity index (χ2v) is 6.71. The molecular weight excluding hydrogens is 271 g/mol. The molecule has 2 rings (SSSR count). The Labute approximate surface area is 111 Å². The van der Waals surface area contributed by atoms with E-state index in [-0.39, 0.29) is 17.1 Å². The predicted molar refractivity (Wildman–Crippen MR) is 69.4 cm³/mol. The molecule has 106 valence electrons. The van der Waals surface area contributed by atoms with Crippen LogP contribution in [0.4, 0.5) is 10.1 Å². The van der Waals surface area contributed by atoms with Crippen molar-refractivity contribution in [2.45, 2.75) is 36.2 Å². The molecule has 0 atom stereocenters. The van der Waals surface area contributed by atoms with Gasteiger partial charge in [0.05, 0.1) is 16.2 Å². The molecular formula is C12H17FN2O3S. The summed E-state index contributed by atoms with van der Waals surface area (Å²) < 4.78 is 39.5. The molecule has 0 aliphatic heterocycles.